The van der Waals surface area contributed by atoms with Gasteiger partial charge in [-0.3, -0.25) is 0 Å². The number of nitrogens with one attached hydrogen (secondary N) is 1. The summed E-state index contributed by atoms with van der Waals surface area (Å²) in [6, 6.07) is 15.0. The molecule has 2 aliphatic heterocycles. The van der Waals surface area contributed by atoms with Gasteiger partial charge in [0.25, 0.3) is 0 Å². The average molecular weight is 437 g/mol. The van der Waals surface area contributed by atoms with Crippen molar-refractivity contribution in [2.24, 2.45) is 4.99 Å². The number of carbonyl (C=O) groups is 2. The van der Waals surface area contributed by atoms with Crippen molar-refractivity contribution in [3.05, 3.63) is 83.7 Å². The van der Waals surface area contributed by atoms with Gasteiger partial charge in [0.2, 0.25) is 0 Å². The molecule has 2 aromatic rings. The van der Waals surface area contributed by atoms with Gasteiger partial charge in [0, 0.05) is 43.9 Å². The second-order valence-electron chi connectivity index (χ2n) is 7.14. The van der Waals surface area contributed by atoms with Crippen molar-refractivity contribution in [3.8, 4) is 0 Å². The zero-order chi connectivity index (χ0) is 22.9. The van der Waals surface area contributed by atoms with Crippen LogP contribution < -0.4 is 5.32 Å². The van der Waals surface area contributed by atoms with Crippen LogP contribution in [0.3, 0.4) is 0 Å². The maximum absolute atomic E-state index is 13.3. The minimum absolute atomic E-state index is 0.211. The monoisotopic (exact) mass is 437 g/mol. The van der Waals surface area contributed by atoms with Crippen LogP contribution in [-0.4, -0.2) is 59.1 Å². The van der Waals surface area contributed by atoms with Gasteiger partial charge in [-0.05, 0) is 35.7 Å². The summed E-state index contributed by atoms with van der Waals surface area (Å²) in [4.78, 5) is 26.4. The molecule has 32 heavy (non-hydrogen) atoms. The molecule has 1 fully saturated rings. The van der Waals surface area contributed by atoms with Gasteiger partial charge in [-0.15, -0.1) is 0 Å². The molecular weight excluding hydrogens is 413 g/mol. The predicted molar refractivity (Wildman–Crippen MR) is 120 cm³/mol. The lowest BCUT2D eigenvalue weighted by Gasteiger charge is -2.31. The van der Waals surface area contributed by atoms with Crippen LogP contribution in [-0.2, 0) is 16.0 Å². The van der Waals surface area contributed by atoms with Crippen LogP contribution in [0.25, 0.3) is 5.57 Å². The molecular formula is C24H24FN3O4. The first kappa shape index (κ1) is 22.9. The number of nitrogens with zero attached hydrogens (tertiary/aromatic N) is 2. The van der Waals surface area contributed by atoms with Crippen molar-refractivity contribution in [1.29, 1.82) is 0 Å². The topological polar surface area (TPSA) is 102 Å². The van der Waals surface area contributed by atoms with Crippen LogP contribution in [0.2, 0.25) is 0 Å². The molecule has 1 saturated heterocycles. The Hall–Kier alpha value is -3.78. The SMILES string of the molecule is Fc1ccc(C2=CCc3ccccc3N=C2N2CCNCC2)cc1.O=C(O)/C=C/C(=O)O. The molecule has 0 amide bonds. The number of hydrogen-bond acceptors (Lipinski definition) is 5. The standard InChI is InChI=1S/C20H20FN3.C4H4O4/c21-17-8-5-15(6-9-17)18-10-7-16-3-1-2-4-19(16)23-20(18)24-13-11-22-12-14-24;5-3(6)1-2-4(7)8/h1-6,8-10,22H,7,11-14H2;1-2H,(H,5,6)(H,7,8)/b;2-1+. The number of fused-ring (bicyclic) bond motifs is 1. The number of aliphatic imine (C=N–C) groups is 1. The van der Waals surface area contributed by atoms with Gasteiger partial charge in [-0.1, -0.05) is 36.4 Å². The summed E-state index contributed by atoms with van der Waals surface area (Å²) in [5, 5.41) is 19.0. The van der Waals surface area contributed by atoms with E-state index in [4.69, 9.17) is 15.2 Å². The van der Waals surface area contributed by atoms with Gasteiger partial charge in [-0.2, -0.15) is 0 Å². The lowest BCUT2D eigenvalue weighted by Crippen LogP contribution is -2.46. The van der Waals surface area contributed by atoms with Gasteiger partial charge in [-0.25, -0.2) is 19.0 Å². The molecule has 2 aromatic carbocycles. The van der Waals surface area contributed by atoms with Crippen LogP contribution in [0, 0.1) is 5.82 Å². The first-order valence-electron chi connectivity index (χ1n) is 10.2. The quantitative estimate of drug-likeness (QED) is 0.638. The highest BCUT2D eigenvalue weighted by Gasteiger charge is 2.22. The number of aliphatic carboxylic acids is 2. The van der Waals surface area contributed by atoms with Crippen LogP contribution >= 0.6 is 0 Å². The number of allylic oxidation sites excluding steroid dienone is 1. The van der Waals surface area contributed by atoms with Crippen molar-refractivity contribution < 1.29 is 24.2 Å². The molecule has 0 saturated carbocycles. The molecule has 0 aromatic heterocycles. The highest BCUT2D eigenvalue weighted by molar-refractivity contribution is 6.23. The molecule has 8 heteroatoms. The number of para-hydroxylation sites is 1. The Kier molecular flexibility index (Phi) is 7.88. The summed E-state index contributed by atoms with van der Waals surface area (Å²) in [5.74, 6) is -1.73. The van der Waals surface area contributed by atoms with Gasteiger partial charge in [0.05, 0.1) is 5.69 Å². The normalized spacial score (nSPS) is 15.6. The fourth-order valence-corrected chi connectivity index (χ4v) is 3.41. The Morgan fingerprint density at radius 1 is 0.969 bits per heavy atom. The number of hydrogen-bond donors (Lipinski definition) is 3. The van der Waals surface area contributed by atoms with E-state index in [2.05, 4.69) is 34.5 Å². The summed E-state index contributed by atoms with van der Waals surface area (Å²) in [7, 11) is 0. The summed E-state index contributed by atoms with van der Waals surface area (Å²) >= 11 is 0. The first-order chi connectivity index (χ1) is 15.4. The Morgan fingerprint density at radius 3 is 2.22 bits per heavy atom. The molecule has 0 atom stereocenters. The number of carboxylic acids is 2. The van der Waals surface area contributed by atoms with E-state index in [1.807, 2.05) is 18.2 Å². The van der Waals surface area contributed by atoms with Gasteiger partial charge in [0.1, 0.15) is 11.7 Å². The molecule has 7 nitrogen and oxygen atoms in total. The van der Waals surface area contributed by atoms with Crippen LogP contribution in [0.4, 0.5) is 10.1 Å². The van der Waals surface area contributed by atoms with Crippen LogP contribution in [0.15, 0.2) is 71.8 Å². The maximum atomic E-state index is 13.3. The number of rotatable bonds is 3. The van der Waals surface area contributed by atoms with E-state index in [9.17, 15) is 14.0 Å². The number of halogens is 1. The van der Waals surface area contributed by atoms with Crippen molar-refractivity contribution in [2.45, 2.75) is 6.42 Å². The van der Waals surface area contributed by atoms with E-state index in [-0.39, 0.29) is 5.82 Å². The lowest BCUT2D eigenvalue weighted by atomic mass is 10.0. The molecule has 0 unspecified atom stereocenters. The summed E-state index contributed by atoms with van der Waals surface area (Å²) in [5.41, 5.74) is 4.36. The smallest absolute Gasteiger partial charge is 0.328 e. The van der Waals surface area contributed by atoms with E-state index < -0.39 is 11.9 Å². The third-order valence-corrected chi connectivity index (χ3v) is 4.93. The summed E-state index contributed by atoms with van der Waals surface area (Å²) < 4.78 is 13.3. The fraction of sp³-hybridized carbons (Fsp3) is 0.208. The van der Waals surface area contributed by atoms with Gasteiger partial charge >= 0.3 is 11.9 Å². The predicted octanol–water partition coefficient (Wildman–Crippen LogP) is 3.11. The summed E-state index contributed by atoms with van der Waals surface area (Å²) in [6.07, 6.45) is 4.17. The van der Waals surface area contributed by atoms with Crippen molar-refractivity contribution in [1.82, 2.24) is 10.2 Å². The molecule has 0 aliphatic carbocycles. The average Bonchev–Trinajstić information content (AvgIpc) is 2.99. The Balaban J connectivity index is 0.000000312. The van der Waals surface area contributed by atoms with Crippen molar-refractivity contribution in [3.63, 3.8) is 0 Å². The highest BCUT2D eigenvalue weighted by atomic mass is 19.1. The lowest BCUT2D eigenvalue weighted by molar-refractivity contribution is -0.134. The number of amidine groups is 1. The molecule has 166 valence electrons. The third kappa shape index (κ3) is 6.36. The summed E-state index contributed by atoms with van der Waals surface area (Å²) in [6.45, 7) is 3.77. The highest BCUT2D eigenvalue weighted by Crippen LogP contribution is 2.29. The Morgan fingerprint density at radius 2 is 1.59 bits per heavy atom. The minimum Gasteiger partial charge on any atom is -0.478 e. The van der Waals surface area contributed by atoms with E-state index in [0.29, 0.717) is 12.2 Å². The Labute approximate surface area is 185 Å². The van der Waals surface area contributed by atoms with E-state index in [1.165, 1.54) is 17.7 Å². The first-order valence-corrected chi connectivity index (χ1v) is 10.2. The molecule has 0 radical (unpaired) electrons. The van der Waals surface area contributed by atoms with E-state index in [1.54, 1.807) is 0 Å². The molecule has 0 bridgehead atoms. The fourth-order valence-electron chi connectivity index (χ4n) is 3.41. The van der Waals surface area contributed by atoms with E-state index in [0.717, 1.165) is 55.3 Å². The molecule has 3 N–H and O–H groups in total. The van der Waals surface area contributed by atoms with Crippen LogP contribution in [0.1, 0.15) is 11.1 Å². The van der Waals surface area contributed by atoms with Crippen molar-refractivity contribution >= 4 is 29.0 Å². The number of benzene rings is 2. The van der Waals surface area contributed by atoms with Gasteiger partial charge in [0.15, 0.2) is 0 Å². The van der Waals surface area contributed by atoms with Crippen LogP contribution in [0.5, 0.6) is 0 Å². The largest absolute Gasteiger partial charge is 0.478 e. The maximum Gasteiger partial charge on any atom is 0.328 e. The van der Waals surface area contributed by atoms with Gasteiger partial charge < -0.3 is 20.4 Å². The second kappa shape index (κ2) is 11.0. The Bertz CT molecular complexity index is 1040. The number of carboxylic acid groups (broad SMARTS) is 2. The van der Waals surface area contributed by atoms with Crippen molar-refractivity contribution in [2.75, 3.05) is 26.2 Å². The molecule has 2 aliphatic rings. The zero-order valence-corrected chi connectivity index (χ0v) is 17.4. The molecule has 0 spiro atoms. The zero-order valence-electron chi connectivity index (χ0n) is 17.4. The number of piperazine rings is 1. The minimum atomic E-state index is -1.26. The molecule has 2 heterocycles. The third-order valence-electron chi connectivity index (χ3n) is 4.93. The van der Waals surface area contributed by atoms with E-state index >= 15 is 0 Å². The molecule has 4 rings (SSSR count). The second-order valence-corrected chi connectivity index (χ2v) is 7.14.